The predicted molar refractivity (Wildman–Crippen MR) is 88.4 cm³/mol. The van der Waals surface area contributed by atoms with Crippen molar-refractivity contribution in [3.05, 3.63) is 54.6 Å². The summed E-state index contributed by atoms with van der Waals surface area (Å²) >= 11 is 0. The highest BCUT2D eigenvalue weighted by Crippen LogP contribution is 2.37. The molecule has 7 nitrogen and oxygen atoms in total. The number of anilines is 1. The molecule has 3 aromatic rings. The van der Waals surface area contributed by atoms with E-state index in [4.69, 9.17) is 9.66 Å². The van der Waals surface area contributed by atoms with E-state index < -0.39 is 10.0 Å². The van der Waals surface area contributed by atoms with Crippen molar-refractivity contribution < 1.29 is 17.7 Å². The molecule has 3 rings (SSSR count). The molecule has 1 amide bonds. The monoisotopic (exact) mass is 343 g/mol. The van der Waals surface area contributed by atoms with Gasteiger partial charge in [0.15, 0.2) is 0 Å². The first-order chi connectivity index (χ1) is 11.5. The van der Waals surface area contributed by atoms with E-state index in [2.05, 4.69) is 10.5 Å². The number of primary sulfonamides is 1. The molecule has 0 saturated heterocycles. The van der Waals surface area contributed by atoms with Crippen LogP contribution in [0, 0.1) is 0 Å². The minimum absolute atomic E-state index is 0.00568. The Morgan fingerprint density at radius 3 is 2.25 bits per heavy atom. The number of rotatable bonds is 5. The Labute approximate surface area is 138 Å². The van der Waals surface area contributed by atoms with Crippen molar-refractivity contribution in [3.63, 3.8) is 0 Å². The Morgan fingerprint density at radius 1 is 1.00 bits per heavy atom. The first-order valence-corrected chi connectivity index (χ1v) is 8.44. The number of benzene rings is 2. The zero-order valence-corrected chi connectivity index (χ0v) is 13.2. The van der Waals surface area contributed by atoms with Crippen molar-refractivity contribution in [2.24, 2.45) is 5.14 Å². The van der Waals surface area contributed by atoms with Gasteiger partial charge in [0.25, 0.3) is 0 Å². The van der Waals surface area contributed by atoms with Crippen LogP contribution in [0.5, 0.6) is 0 Å². The molecule has 24 heavy (non-hydrogen) atoms. The molecule has 1 aromatic heterocycles. The van der Waals surface area contributed by atoms with Crippen LogP contribution in [0.25, 0.3) is 22.4 Å². The molecule has 122 valence electrons. The molecule has 8 heteroatoms. The molecular formula is C16H13N3O4S. The predicted octanol–water partition coefficient (Wildman–Crippen LogP) is 2.22. The number of hydrogen-bond donors (Lipinski definition) is 2. The number of nitrogens with one attached hydrogen (secondary N) is 1. The second-order valence-electron chi connectivity index (χ2n) is 4.93. The molecule has 0 fully saturated rings. The molecule has 0 bridgehead atoms. The van der Waals surface area contributed by atoms with E-state index in [9.17, 15) is 13.2 Å². The maximum absolute atomic E-state index is 11.4. The van der Waals surface area contributed by atoms with Crippen molar-refractivity contribution in [3.8, 4) is 22.4 Å². The molecule has 0 aliphatic heterocycles. The summed E-state index contributed by atoms with van der Waals surface area (Å²) in [6.07, 6.45) is 0.484. The lowest BCUT2D eigenvalue weighted by atomic mass is 10.0. The van der Waals surface area contributed by atoms with Gasteiger partial charge in [0.1, 0.15) is 5.69 Å². The molecule has 2 aromatic carbocycles. The number of hydrogen-bond acceptors (Lipinski definition) is 5. The fourth-order valence-electron chi connectivity index (χ4n) is 2.31. The summed E-state index contributed by atoms with van der Waals surface area (Å²) < 4.78 is 28.0. The lowest BCUT2D eigenvalue weighted by Crippen LogP contribution is -2.11. The van der Waals surface area contributed by atoms with Gasteiger partial charge in [-0.25, -0.2) is 13.6 Å². The first kappa shape index (κ1) is 15.9. The van der Waals surface area contributed by atoms with Crippen molar-refractivity contribution in [2.75, 3.05) is 5.32 Å². The number of carbonyl (C=O) groups is 1. The first-order valence-electron chi connectivity index (χ1n) is 6.89. The molecule has 3 N–H and O–H groups in total. The quantitative estimate of drug-likeness (QED) is 0.689. The highest BCUT2D eigenvalue weighted by Gasteiger charge is 2.19. The van der Waals surface area contributed by atoms with Crippen molar-refractivity contribution in [2.45, 2.75) is 4.90 Å². The van der Waals surface area contributed by atoms with Gasteiger partial charge in [0, 0.05) is 5.56 Å². The Bertz CT molecular complexity index is 964. The van der Waals surface area contributed by atoms with E-state index in [-0.39, 0.29) is 10.8 Å². The molecule has 0 aliphatic rings. The number of sulfonamides is 1. The second-order valence-corrected chi connectivity index (χ2v) is 6.49. The third kappa shape index (κ3) is 3.05. The summed E-state index contributed by atoms with van der Waals surface area (Å²) in [4.78, 5) is 10.8. The molecular weight excluding hydrogens is 330 g/mol. The van der Waals surface area contributed by atoms with Crippen LogP contribution in [0.2, 0.25) is 0 Å². The topological polar surface area (TPSA) is 115 Å². The number of amides is 1. The molecule has 0 saturated carbocycles. The van der Waals surface area contributed by atoms with Gasteiger partial charge in [0.05, 0.1) is 10.5 Å². The van der Waals surface area contributed by atoms with E-state index in [0.717, 1.165) is 5.56 Å². The van der Waals surface area contributed by atoms with Crippen LogP contribution in [0.3, 0.4) is 0 Å². The number of aromatic nitrogens is 1. The van der Waals surface area contributed by atoms with Crippen LogP contribution in [0.4, 0.5) is 5.88 Å². The zero-order chi connectivity index (χ0) is 17.2. The van der Waals surface area contributed by atoms with E-state index in [1.807, 2.05) is 30.3 Å². The van der Waals surface area contributed by atoms with E-state index in [0.29, 0.717) is 23.2 Å². The van der Waals surface area contributed by atoms with Gasteiger partial charge in [-0.15, -0.1) is 0 Å². The average Bonchev–Trinajstić information content (AvgIpc) is 2.99. The minimum atomic E-state index is -3.78. The summed E-state index contributed by atoms with van der Waals surface area (Å²) in [7, 11) is -3.78. The molecule has 0 radical (unpaired) electrons. The molecule has 0 aliphatic carbocycles. The lowest BCUT2D eigenvalue weighted by molar-refractivity contribution is -0.105. The summed E-state index contributed by atoms with van der Waals surface area (Å²) in [5, 5.41) is 11.6. The normalized spacial score (nSPS) is 11.2. The van der Waals surface area contributed by atoms with Gasteiger partial charge >= 0.3 is 0 Å². The van der Waals surface area contributed by atoms with Crippen molar-refractivity contribution in [1.82, 2.24) is 5.16 Å². The third-order valence-corrected chi connectivity index (χ3v) is 4.33. The molecule has 0 spiro atoms. The van der Waals surface area contributed by atoms with Crippen molar-refractivity contribution in [1.29, 1.82) is 0 Å². The van der Waals surface area contributed by atoms with Gasteiger partial charge in [-0.3, -0.25) is 10.1 Å². The van der Waals surface area contributed by atoms with Gasteiger partial charge in [-0.1, -0.05) is 47.6 Å². The highest BCUT2D eigenvalue weighted by atomic mass is 32.2. The zero-order valence-electron chi connectivity index (χ0n) is 12.3. The van der Waals surface area contributed by atoms with E-state index in [1.54, 1.807) is 12.1 Å². The molecule has 1 heterocycles. The van der Waals surface area contributed by atoms with Crippen LogP contribution in [-0.4, -0.2) is 20.0 Å². The number of carbonyl (C=O) groups excluding carboxylic acids is 1. The van der Waals surface area contributed by atoms with Crippen LogP contribution in [-0.2, 0) is 14.8 Å². The maximum Gasteiger partial charge on any atom is 0.239 e. The Morgan fingerprint density at radius 2 is 1.67 bits per heavy atom. The molecule has 0 atom stereocenters. The fraction of sp³-hybridized carbons (Fsp3) is 0. The largest absolute Gasteiger partial charge is 0.337 e. The smallest absolute Gasteiger partial charge is 0.239 e. The van der Waals surface area contributed by atoms with Crippen LogP contribution in [0.15, 0.2) is 64.0 Å². The van der Waals surface area contributed by atoms with Crippen molar-refractivity contribution >= 4 is 22.3 Å². The SMILES string of the molecule is NS(=O)(=O)c1ccc(-c2c(-c3ccccc3)noc2NC=O)cc1. The number of nitrogens with zero attached hydrogens (tertiary/aromatic N) is 1. The van der Waals surface area contributed by atoms with Crippen LogP contribution in [0.1, 0.15) is 0 Å². The van der Waals surface area contributed by atoms with Gasteiger partial charge in [-0.2, -0.15) is 0 Å². The lowest BCUT2D eigenvalue weighted by Gasteiger charge is -2.05. The summed E-state index contributed by atoms with van der Waals surface area (Å²) in [6, 6.07) is 15.2. The summed E-state index contributed by atoms with van der Waals surface area (Å²) in [5.74, 6) is 0.173. The average molecular weight is 343 g/mol. The maximum atomic E-state index is 11.4. The summed E-state index contributed by atoms with van der Waals surface area (Å²) in [5.41, 5.74) is 2.51. The highest BCUT2D eigenvalue weighted by molar-refractivity contribution is 7.89. The molecule has 0 unspecified atom stereocenters. The van der Waals surface area contributed by atoms with E-state index >= 15 is 0 Å². The Hall–Kier alpha value is -2.97. The minimum Gasteiger partial charge on any atom is -0.337 e. The standard InChI is InChI=1S/C16H13N3O4S/c17-24(21,22)13-8-6-11(7-9-13)14-15(12-4-2-1-3-5-12)19-23-16(14)18-10-20/h1-10H,(H,18,20)(H2,17,21,22). The Balaban J connectivity index is 2.15. The summed E-state index contributed by atoms with van der Waals surface area (Å²) in [6.45, 7) is 0. The van der Waals surface area contributed by atoms with Gasteiger partial charge < -0.3 is 4.52 Å². The number of nitrogens with two attached hydrogens (primary N) is 1. The second kappa shape index (κ2) is 6.26. The van der Waals surface area contributed by atoms with E-state index in [1.165, 1.54) is 12.1 Å². The van der Waals surface area contributed by atoms with Gasteiger partial charge in [0.2, 0.25) is 22.3 Å². The fourth-order valence-corrected chi connectivity index (χ4v) is 2.83. The Kier molecular flexibility index (Phi) is 4.15. The van der Waals surface area contributed by atoms with Gasteiger partial charge in [-0.05, 0) is 17.7 Å². The van der Waals surface area contributed by atoms with Crippen LogP contribution < -0.4 is 10.5 Å². The third-order valence-electron chi connectivity index (χ3n) is 3.40. The van der Waals surface area contributed by atoms with Crippen LogP contribution >= 0.6 is 0 Å².